The molecule has 1 aromatic heterocycles. The summed E-state index contributed by atoms with van der Waals surface area (Å²) in [7, 11) is 1.60. The van der Waals surface area contributed by atoms with Crippen LogP contribution in [0.4, 0.5) is 5.69 Å². The van der Waals surface area contributed by atoms with Crippen molar-refractivity contribution in [1.82, 2.24) is 14.9 Å². The SMILES string of the molecule is COc1cc(C(C)NC(=O)c2cccc(NC(=O)CCn3ccnc3)c2)ccc1OCC(C)C. The highest BCUT2D eigenvalue weighted by Crippen LogP contribution is 2.30. The highest BCUT2D eigenvalue weighted by Gasteiger charge is 2.15. The monoisotopic (exact) mass is 464 g/mol. The van der Waals surface area contributed by atoms with Gasteiger partial charge in [-0.25, -0.2) is 4.98 Å². The average molecular weight is 465 g/mol. The molecule has 1 atom stereocenters. The molecule has 0 aliphatic carbocycles. The Bertz CT molecular complexity index is 1100. The number of benzene rings is 2. The van der Waals surface area contributed by atoms with Crippen molar-refractivity contribution in [3.8, 4) is 11.5 Å². The fraction of sp³-hybridized carbons (Fsp3) is 0.346. The number of nitrogens with one attached hydrogen (secondary N) is 2. The number of rotatable bonds is 11. The van der Waals surface area contributed by atoms with E-state index < -0.39 is 0 Å². The zero-order valence-corrected chi connectivity index (χ0v) is 20.1. The van der Waals surface area contributed by atoms with Crippen LogP contribution < -0.4 is 20.1 Å². The van der Waals surface area contributed by atoms with E-state index in [4.69, 9.17) is 9.47 Å². The van der Waals surface area contributed by atoms with Crippen LogP contribution in [0, 0.1) is 5.92 Å². The third kappa shape index (κ3) is 7.10. The maximum atomic E-state index is 12.9. The predicted molar refractivity (Wildman–Crippen MR) is 131 cm³/mol. The molecule has 2 aromatic carbocycles. The van der Waals surface area contributed by atoms with Crippen molar-refractivity contribution in [3.63, 3.8) is 0 Å². The quantitative estimate of drug-likeness (QED) is 0.437. The number of ether oxygens (including phenoxy) is 2. The third-order valence-corrected chi connectivity index (χ3v) is 5.17. The number of imidazole rings is 1. The van der Waals surface area contributed by atoms with E-state index in [1.807, 2.05) is 29.7 Å². The molecule has 0 spiro atoms. The van der Waals surface area contributed by atoms with Gasteiger partial charge >= 0.3 is 0 Å². The normalized spacial score (nSPS) is 11.7. The van der Waals surface area contributed by atoms with E-state index in [2.05, 4.69) is 29.5 Å². The third-order valence-electron chi connectivity index (χ3n) is 5.17. The number of methoxy groups -OCH3 is 1. The van der Waals surface area contributed by atoms with Gasteiger partial charge in [0.2, 0.25) is 5.91 Å². The first-order valence-electron chi connectivity index (χ1n) is 11.3. The molecule has 3 aromatic rings. The molecule has 0 aliphatic heterocycles. The molecule has 0 bridgehead atoms. The van der Waals surface area contributed by atoms with Gasteiger partial charge in [-0.2, -0.15) is 0 Å². The van der Waals surface area contributed by atoms with Gasteiger partial charge in [0, 0.05) is 36.6 Å². The summed E-state index contributed by atoms with van der Waals surface area (Å²) >= 11 is 0. The molecule has 0 fully saturated rings. The van der Waals surface area contributed by atoms with Gasteiger partial charge in [-0.1, -0.05) is 26.0 Å². The number of carbonyl (C=O) groups excluding carboxylic acids is 2. The fourth-order valence-corrected chi connectivity index (χ4v) is 3.30. The van der Waals surface area contributed by atoms with Crippen molar-refractivity contribution in [1.29, 1.82) is 0 Å². The Hall–Kier alpha value is -3.81. The number of nitrogens with zero attached hydrogens (tertiary/aromatic N) is 2. The van der Waals surface area contributed by atoms with Crippen LogP contribution in [0.15, 0.2) is 61.2 Å². The van der Waals surface area contributed by atoms with E-state index in [0.717, 1.165) is 5.56 Å². The summed E-state index contributed by atoms with van der Waals surface area (Å²) in [6, 6.07) is 12.3. The van der Waals surface area contributed by atoms with Gasteiger partial charge in [0.15, 0.2) is 11.5 Å². The molecule has 2 amide bonds. The van der Waals surface area contributed by atoms with E-state index in [1.54, 1.807) is 50.1 Å². The van der Waals surface area contributed by atoms with E-state index in [0.29, 0.717) is 48.2 Å². The highest BCUT2D eigenvalue weighted by atomic mass is 16.5. The zero-order chi connectivity index (χ0) is 24.5. The second-order valence-corrected chi connectivity index (χ2v) is 8.49. The summed E-state index contributed by atoms with van der Waals surface area (Å²) in [6.45, 7) is 7.20. The molecule has 8 nitrogen and oxygen atoms in total. The van der Waals surface area contributed by atoms with E-state index in [1.165, 1.54) is 0 Å². The van der Waals surface area contributed by atoms with Crippen LogP contribution in [0.25, 0.3) is 0 Å². The largest absolute Gasteiger partial charge is 0.493 e. The molecule has 34 heavy (non-hydrogen) atoms. The molecule has 1 unspecified atom stereocenters. The number of aryl methyl sites for hydroxylation is 1. The standard InChI is InChI=1S/C26H32N4O4/c1-18(2)16-34-23-9-8-20(15-24(23)33-4)19(3)28-26(32)21-6-5-7-22(14-21)29-25(31)10-12-30-13-11-27-17-30/h5-9,11,13-15,17-19H,10,12,16H2,1-4H3,(H,28,32)(H,29,31). The minimum atomic E-state index is -0.256. The summed E-state index contributed by atoms with van der Waals surface area (Å²) < 4.78 is 13.1. The van der Waals surface area contributed by atoms with Gasteiger partial charge in [0.25, 0.3) is 5.91 Å². The lowest BCUT2D eigenvalue weighted by Gasteiger charge is -2.18. The first-order valence-corrected chi connectivity index (χ1v) is 11.3. The number of anilines is 1. The summed E-state index contributed by atoms with van der Waals surface area (Å²) in [5.74, 6) is 1.34. The van der Waals surface area contributed by atoms with Crippen molar-refractivity contribution >= 4 is 17.5 Å². The van der Waals surface area contributed by atoms with Gasteiger partial charge in [0.1, 0.15) is 0 Å². The van der Waals surface area contributed by atoms with E-state index >= 15 is 0 Å². The molecule has 180 valence electrons. The van der Waals surface area contributed by atoms with Crippen LogP contribution in [0.5, 0.6) is 11.5 Å². The minimum Gasteiger partial charge on any atom is -0.493 e. The summed E-state index contributed by atoms with van der Waals surface area (Å²) in [5, 5.41) is 5.84. The second-order valence-electron chi connectivity index (χ2n) is 8.49. The molecule has 0 saturated heterocycles. The number of aromatic nitrogens is 2. The lowest BCUT2D eigenvalue weighted by atomic mass is 10.1. The molecular weight excluding hydrogens is 432 g/mol. The Balaban J connectivity index is 1.60. The second kappa shape index (κ2) is 11.9. The van der Waals surface area contributed by atoms with Crippen molar-refractivity contribution in [2.45, 2.75) is 39.8 Å². The summed E-state index contributed by atoms with van der Waals surface area (Å²) in [5.41, 5.74) is 1.93. The Morgan fingerprint density at radius 2 is 1.91 bits per heavy atom. The average Bonchev–Trinajstić information content (AvgIpc) is 3.35. The molecule has 0 radical (unpaired) electrons. The Morgan fingerprint density at radius 3 is 2.62 bits per heavy atom. The smallest absolute Gasteiger partial charge is 0.251 e. The fourth-order valence-electron chi connectivity index (χ4n) is 3.30. The topological polar surface area (TPSA) is 94.5 Å². The van der Waals surface area contributed by atoms with Crippen LogP contribution >= 0.6 is 0 Å². The number of hydrogen-bond donors (Lipinski definition) is 2. The van der Waals surface area contributed by atoms with Crippen molar-refractivity contribution in [3.05, 3.63) is 72.3 Å². The Morgan fingerprint density at radius 1 is 1.09 bits per heavy atom. The van der Waals surface area contributed by atoms with Crippen LogP contribution in [0.1, 0.15) is 49.2 Å². The van der Waals surface area contributed by atoms with Gasteiger partial charge in [0.05, 0.1) is 26.1 Å². The van der Waals surface area contributed by atoms with Gasteiger partial charge in [-0.3, -0.25) is 9.59 Å². The van der Waals surface area contributed by atoms with Gasteiger partial charge < -0.3 is 24.7 Å². The van der Waals surface area contributed by atoms with Gasteiger partial charge in [-0.05, 0) is 48.7 Å². The number of amides is 2. The zero-order valence-electron chi connectivity index (χ0n) is 20.1. The van der Waals surface area contributed by atoms with Gasteiger partial charge in [-0.15, -0.1) is 0 Å². The molecule has 2 N–H and O–H groups in total. The molecule has 0 aliphatic rings. The Kier molecular flexibility index (Phi) is 8.67. The first kappa shape index (κ1) is 24.8. The van der Waals surface area contributed by atoms with E-state index in [-0.39, 0.29) is 17.9 Å². The first-order chi connectivity index (χ1) is 16.4. The van der Waals surface area contributed by atoms with Crippen molar-refractivity contribution in [2.75, 3.05) is 19.0 Å². The highest BCUT2D eigenvalue weighted by molar-refractivity contribution is 5.97. The summed E-state index contributed by atoms with van der Waals surface area (Å²) in [4.78, 5) is 29.1. The minimum absolute atomic E-state index is 0.133. The molecule has 0 saturated carbocycles. The maximum absolute atomic E-state index is 12.9. The predicted octanol–water partition coefficient (Wildman–Crippen LogP) is 4.45. The van der Waals surface area contributed by atoms with Crippen molar-refractivity contribution < 1.29 is 19.1 Å². The molecule has 3 rings (SSSR count). The number of carbonyl (C=O) groups is 2. The molecular formula is C26H32N4O4. The number of hydrogen-bond acceptors (Lipinski definition) is 5. The van der Waals surface area contributed by atoms with Crippen LogP contribution in [-0.4, -0.2) is 35.1 Å². The summed E-state index contributed by atoms with van der Waals surface area (Å²) in [6.07, 6.45) is 5.46. The van der Waals surface area contributed by atoms with Crippen LogP contribution in [-0.2, 0) is 11.3 Å². The Labute approximate surface area is 200 Å². The molecule has 1 heterocycles. The van der Waals surface area contributed by atoms with Crippen LogP contribution in [0.3, 0.4) is 0 Å². The lowest BCUT2D eigenvalue weighted by molar-refractivity contribution is -0.116. The van der Waals surface area contributed by atoms with Crippen molar-refractivity contribution in [2.24, 2.45) is 5.92 Å². The maximum Gasteiger partial charge on any atom is 0.251 e. The lowest BCUT2D eigenvalue weighted by Crippen LogP contribution is -2.26. The van der Waals surface area contributed by atoms with Crippen LogP contribution in [0.2, 0.25) is 0 Å². The molecule has 8 heteroatoms. The van der Waals surface area contributed by atoms with E-state index in [9.17, 15) is 9.59 Å².